The van der Waals surface area contributed by atoms with Gasteiger partial charge in [-0.1, -0.05) is 5.21 Å². The van der Waals surface area contributed by atoms with Crippen LogP contribution < -0.4 is 0 Å². The second-order valence-corrected chi connectivity index (χ2v) is 6.60. The van der Waals surface area contributed by atoms with E-state index < -0.39 is 5.97 Å². The van der Waals surface area contributed by atoms with E-state index in [9.17, 15) is 9.59 Å². The summed E-state index contributed by atoms with van der Waals surface area (Å²) < 4.78 is 7.34. The number of amides is 1. The smallest absolute Gasteiger partial charge is 0.360 e. The molecule has 1 fully saturated rings. The van der Waals surface area contributed by atoms with Gasteiger partial charge in [0.1, 0.15) is 5.69 Å². The fourth-order valence-corrected chi connectivity index (χ4v) is 3.71. The Kier molecular flexibility index (Phi) is 3.57. The van der Waals surface area contributed by atoms with Crippen LogP contribution in [0.2, 0.25) is 0 Å². The van der Waals surface area contributed by atoms with Gasteiger partial charge in [0.25, 0.3) is 5.91 Å². The van der Waals surface area contributed by atoms with Gasteiger partial charge in [0.15, 0.2) is 5.69 Å². The van der Waals surface area contributed by atoms with E-state index >= 15 is 0 Å². The quantitative estimate of drug-likeness (QED) is 0.729. The minimum absolute atomic E-state index is 0.0101. The first-order valence-corrected chi connectivity index (χ1v) is 8.39. The van der Waals surface area contributed by atoms with Crippen LogP contribution in [0.4, 0.5) is 0 Å². The second kappa shape index (κ2) is 5.75. The maximum absolute atomic E-state index is 12.6. The largest absolute Gasteiger partial charge is 0.464 e. The number of methoxy groups -OCH3 is 1. The molecule has 1 amide bonds. The number of hydrogen-bond donors (Lipinski definition) is 1. The highest BCUT2D eigenvalue weighted by molar-refractivity contribution is 7.17. The van der Waals surface area contributed by atoms with Crippen LogP contribution >= 0.6 is 11.3 Å². The van der Waals surface area contributed by atoms with Crippen LogP contribution in [0.15, 0.2) is 23.7 Å². The number of nitrogens with zero attached hydrogens (tertiary/aromatic N) is 4. The van der Waals surface area contributed by atoms with E-state index in [1.165, 1.54) is 7.11 Å². The van der Waals surface area contributed by atoms with Crippen molar-refractivity contribution in [3.8, 4) is 0 Å². The molecule has 8 nitrogen and oxygen atoms in total. The number of carbonyl (C=O) groups excluding carboxylic acids is 2. The highest BCUT2D eigenvalue weighted by atomic mass is 32.1. The van der Waals surface area contributed by atoms with Crippen molar-refractivity contribution in [1.82, 2.24) is 24.9 Å². The van der Waals surface area contributed by atoms with Crippen LogP contribution in [-0.4, -0.2) is 57.0 Å². The van der Waals surface area contributed by atoms with Gasteiger partial charge >= 0.3 is 5.97 Å². The Morgan fingerprint density at radius 3 is 3.12 bits per heavy atom. The summed E-state index contributed by atoms with van der Waals surface area (Å²) in [6, 6.07) is 3.87. The molecule has 3 aromatic rings. The fourth-order valence-electron chi connectivity index (χ4n) is 2.93. The third-order valence-electron chi connectivity index (χ3n) is 4.20. The molecule has 1 N–H and O–H groups in total. The predicted molar refractivity (Wildman–Crippen MR) is 87.1 cm³/mol. The van der Waals surface area contributed by atoms with Gasteiger partial charge in [-0.05, 0) is 23.9 Å². The predicted octanol–water partition coefficient (Wildman–Crippen LogP) is 1.69. The van der Waals surface area contributed by atoms with Crippen LogP contribution in [0.1, 0.15) is 33.4 Å². The Morgan fingerprint density at radius 1 is 1.46 bits per heavy atom. The van der Waals surface area contributed by atoms with Crippen LogP contribution in [0.3, 0.4) is 0 Å². The minimum Gasteiger partial charge on any atom is -0.464 e. The first-order chi connectivity index (χ1) is 11.7. The van der Waals surface area contributed by atoms with Crippen LogP contribution in [-0.2, 0) is 4.74 Å². The van der Waals surface area contributed by atoms with E-state index in [1.807, 2.05) is 17.5 Å². The molecule has 0 radical (unpaired) electrons. The first-order valence-electron chi connectivity index (χ1n) is 7.51. The van der Waals surface area contributed by atoms with Gasteiger partial charge in [-0.2, -0.15) is 0 Å². The zero-order valence-corrected chi connectivity index (χ0v) is 13.7. The molecule has 1 aliphatic rings. The number of H-pyrrole nitrogens is 1. The third kappa shape index (κ3) is 2.46. The van der Waals surface area contributed by atoms with Gasteiger partial charge in [0, 0.05) is 13.1 Å². The lowest BCUT2D eigenvalue weighted by atomic mass is 10.3. The molecule has 124 valence electrons. The molecule has 4 rings (SSSR count). The third-order valence-corrected chi connectivity index (χ3v) is 5.06. The second-order valence-electron chi connectivity index (χ2n) is 5.65. The summed E-state index contributed by atoms with van der Waals surface area (Å²) in [7, 11) is 1.30. The van der Waals surface area contributed by atoms with Gasteiger partial charge in [0.05, 0.1) is 29.6 Å². The number of thiophene rings is 1. The zero-order chi connectivity index (χ0) is 16.7. The zero-order valence-electron chi connectivity index (χ0n) is 12.9. The highest BCUT2D eigenvalue weighted by Crippen LogP contribution is 2.25. The van der Waals surface area contributed by atoms with E-state index in [4.69, 9.17) is 0 Å². The Balaban J connectivity index is 1.47. The number of rotatable bonds is 3. The van der Waals surface area contributed by atoms with Crippen molar-refractivity contribution in [1.29, 1.82) is 0 Å². The molecule has 0 spiro atoms. The number of aromatic amines is 1. The highest BCUT2D eigenvalue weighted by Gasteiger charge is 2.30. The van der Waals surface area contributed by atoms with Crippen molar-refractivity contribution >= 4 is 33.4 Å². The normalized spacial score (nSPS) is 17.5. The molecule has 1 unspecified atom stereocenters. The van der Waals surface area contributed by atoms with E-state index in [2.05, 4.69) is 20.0 Å². The number of esters is 1. The number of carbonyl (C=O) groups is 2. The lowest BCUT2D eigenvalue weighted by Gasteiger charge is -2.15. The maximum Gasteiger partial charge on any atom is 0.360 e. The van der Waals surface area contributed by atoms with Crippen molar-refractivity contribution in [3.63, 3.8) is 0 Å². The Morgan fingerprint density at radius 2 is 2.33 bits per heavy atom. The number of fused-ring (bicyclic) bond motifs is 1. The Labute approximate surface area is 141 Å². The summed E-state index contributed by atoms with van der Waals surface area (Å²) in [4.78, 5) is 29.0. The summed E-state index contributed by atoms with van der Waals surface area (Å²) in [5.41, 5.74) is 1.76. The van der Waals surface area contributed by atoms with Crippen molar-refractivity contribution in [2.75, 3.05) is 20.2 Å². The molecule has 1 aliphatic heterocycles. The standard InChI is InChI=1S/C15H15N5O3S/c1-23-15(22)12-8-20(18-17-12)9-2-4-19(7-9)14(21)11-6-13-10(16-11)3-5-24-13/h3,5-6,8-9,16H,2,4,7H2,1H3. The summed E-state index contributed by atoms with van der Waals surface area (Å²) in [5.74, 6) is -0.534. The number of nitrogens with one attached hydrogen (secondary N) is 1. The van der Waals surface area contributed by atoms with E-state index in [0.717, 1.165) is 16.6 Å². The van der Waals surface area contributed by atoms with Gasteiger partial charge in [-0.25, -0.2) is 9.48 Å². The summed E-state index contributed by atoms with van der Waals surface area (Å²) in [5, 5.41) is 9.78. The van der Waals surface area contributed by atoms with Gasteiger partial charge in [-0.15, -0.1) is 16.4 Å². The Bertz CT molecular complexity index is 883. The fraction of sp³-hybridized carbons (Fsp3) is 0.333. The molecular formula is C15H15N5O3S. The molecule has 0 bridgehead atoms. The number of aromatic nitrogens is 4. The molecule has 9 heteroatoms. The van der Waals surface area contributed by atoms with Crippen molar-refractivity contribution < 1.29 is 14.3 Å². The summed E-state index contributed by atoms with van der Waals surface area (Å²) >= 11 is 1.60. The van der Waals surface area contributed by atoms with Crippen LogP contribution in [0, 0.1) is 0 Å². The van der Waals surface area contributed by atoms with Crippen molar-refractivity contribution in [2.24, 2.45) is 0 Å². The molecule has 1 saturated heterocycles. The number of hydrogen-bond acceptors (Lipinski definition) is 6. The first kappa shape index (κ1) is 14.9. The lowest BCUT2D eigenvalue weighted by molar-refractivity contribution is 0.0593. The average Bonchev–Trinajstić information content (AvgIpc) is 3.35. The van der Waals surface area contributed by atoms with Crippen LogP contribution in [0.25, 0.3) is 10.2 Å². The van der Waals surface area contributed by atoms with Gasteiger partial charge < -0.3 is 14.6 Å². The molecule has 24 heavy (non-hydrogen) atoms. The monoisotopic (exact) mass is 345 g/mol. The molecule has 4 heterocycles. The molecule has 3 aromatic heterocycles. The van der Waals surface area contributed by atoms with E-state index in [1.54, 1.807) is 27.1 Å². The van der Waals surface area contributed by atoms with E-state index in [0.29, 0.717) is 18.8 Å². The number of likely N-dealkylation sites (tertiary alicyclic amines) is 1. The maximum atomic E-state index is 12.6. The topological polar surface area (TPSA) is 93.1 Å². The molecular weight excluding hydrogens is 330 g/mol. The Hall–Kier alpha value is -2.68. The van der Waals surface area contributed by atoms with Gasteiger partial charge in [-0.3, -0.25) is 4.79 Å². The van der Waals surface area contributed by atoms with E-state index in [-0.39, 0.29) is 17.6 Å². The van der Waals surface area contributed by atoms with Crippen molar-refractivity contribution in [2.45, 2.75) is 12.5 Å². The minimum atomic E-state index is -0.515. The molecule has 0 aromatic carbocycles. The SMILES string of the molecule is COC(=O)c1cn(C2CCN(C(=O)c3cc4sccc4[nH]3)C2)nn1. The molecule has 1 atom stereocenters. The molecule has 0 saturated carbocycles. The lowest BCUT2D eigenvalue weighted by Crippen LogP contribution is -2.29. The summed E-state index contributed by atoms with van der Waals surface area (Å²) in [6.45, 7) is 1.18. The summed E-state index contributed by atoms with van der Waals surface area (Å²) in [6.07, 6.45) is 2.33. The number of ether oxygens (including phenoxy) is 1. The van der Waals surface area contributed by atoms with Crippen LogP contribution in [0.5, 0.6) is 0 Å². The average molecular weight is 345 g/mol. The molecule has 0 aliphatic carbocycles. The van der Waals surface area contributed by atoms with Gasteiger partial charge in [0.2, 0.25) is 0 Å². The van der Waals surface area contributed by atoms with Crippen molar-refractivity contribution in [3.05, 3.63) is 35.1 Å².